The number of nitrogens with zero attached hydrogens (tertiary/aromatic N) is 4. The van der Waals surface area contributed by atoms with Gasteiger partial charge < -0.3 is 19.1 Å². The molecule has 1 aromatic heterocycles. The van der Waals surface area contributed by atoms with E-state index >= 15 is 0 Å². The number of benzene rings is 1. The van der Waals surface area contributed by atoms with Crippen LogP contribution >= 0.6 is 8.58 Å². The summed E-state index contributed by atoms with van der Waals surface area (Å²) in [5, 5.41) is 0.839. The molecule has 1 saturated heterocycles. The summed E-state index contributed by atoms with van der Waals surface area (Å²) in [5.41, 5.74) is 2.40. The maximum atomic E-state index is 14.5. The largest absolute Gasteiger partial charge is 0.441 e. The molecule has 0 bridgehead atoms. The van der Waals surface area contributed by atoms with Crippen molar-refractivity contribution in [3.05, 3.63) is 59.5 Å². The highest BCUT2D eigenvalue weighted by Crippen LogP contribution is 2.45. The van der Waals surface area contributed by atoms with Crippen molar-refractivity contribution in [3.63, 3.8) is 0 Å². The monoisotopic (exact) mass is 426 g/mol. The van der Waals surface area contributed by atoms with Gasteiger partial charge in [-0.15, -0.1) is 0 Å². The normalized spacial score (nSPS) is 25.7. The van der Waals surface area contributed by atoms with Crippen molar-refractivity contribution in [1.29, 1.82) is 0 Å². The minimum Gasteiger partial charge on any atom is -0.441 e. The molecule has 2 unspecified atom stereocenters. The molecule has 0 saturated carbocycles. The number of halogens is 1. The minimum atomic E-state index is -0.425. The highest BCUT2D eigenvalue weighted by molar-refractivity contribution is 7.51. The highest BCUT2D eigenvalue weighted by atomic mass is 31.1. The average Bonchev–Trinajstić information content (AvgIpc) is 3.10. The Kier molecular flexibility index (Phi) is 4.75. The van der Waals surface area contributed by atoms with Crippen molar-refractivity contribution < 1.29 is 13.6 Å². The fourth-order valence-corrected chi connectivity index (χ4v) is 5.53. The maximum Gasteiger partial charge on any atom is 0.252 e. The minimum absolute atomic E-state index is 0.0404. The van der Waals surface area contributed by atoms with Crippen LogP contribution in [0.4, 0.5) is 4.39 Å². The van der Waals surface area contributed by atoms with E-state index in [9.17, 15) is 9.18 Å². The summed E-state index contributed by atoms with van der Waals surface area (Å²) in [4.78, 5) is 23.5. The molecule has 3 atom stereocenters. The lowest BCUT2D eigenvalue weighted by molar-refractivity contribution is -0.123. The van der Waals surface area contributed by atoms with E-state index in [0.29, 0.717) is 31.7 Å². The van der Waals surface area contributed by atoms with Crippen molar-refractivity contribution in [2.24, 2.45) is 0 Å². The topological polar surface area (TPSA) is 52.8 Å². The second-order valence-corrected chi connectivity index (χ2v) is 9.54. The number of amides is 1. The van der Waals surface area contributed by atoms with Crippen LogP contribution in [0.5, 0.6) is 0 Å². The van der Waals surface area contributed by atoms with Crippen molar-refractivity contribution in [1.82, 2.24) is 19.7 Å². The Morgan fingerprint density at radius 3 is 2.93 bits per heavy atom. The van der Waals surface area contributed by atoms with Gasteiger partial charge in [0.15, 0.2) is 17.3 Å². The molecule has 0 aliphatic carbocycles. The summed E-state index contributed by atoms with van der Waals surface area (Å²) in [5.74, 6) is -0.117. The van der Waals surface area contributed by atoms with Crippen LogP contribution in [0.15, 0.2) is 46.7 Å². The number of piperazine rings is 1. The van der Waals surface area contributed by atoms with Crippen molar-refractivity contribution >= 4 is 30.9 Å². The van der Waals surface area contributed by atoms with E-state index in [-0.39, 0.29) is 17.2 Å². The lowest BCUT2D eigenvalue weighted by Gasteiger charge is -2.42. The van der Waals surface area contributed by atoms with Crippen LogP contribution in [0.25, 0.3) is 16.4 Å². The summed E-state index contributed by atoms with van der Waals surface area (Å²) in [6, 6.07) is 3.70. The Morgan fingerprint density at radius 1 is 1.30 bits per heavy atom. The summed E-state index contributed by atoms with van der Waals surface area (Å²) in [7, 11) is 2.47. The van der Waals surface area contributed by atoms with Gasteiger partial charge in [0.1, 0.15) is 5.52 Å². The number of aryl methyl sites for hydroxylation is 1. The molecule has 6 nitrogen and oxygen atoms in total. The average molecular weight is 426 g/mol. The first-order valence-electron chi connectivity index (χ1n) is 10.1. The molecule has 1 amide bonds. The van der Waals surface area contributed by atoms with Gasteiger partial charge in [-0.05, 0) is 43.1 Å². The second-order valence-electron chi connectivity index (χ2n) is 8.12. The molecule has 2 aromatic rings. The SMILES string of the molecule is Cc1nc2c(F)cc(C3=CC(=O)N4C=C(N5CCN(C)[C@@H](C)C5)C=CC4P3)cc2o1. The highest BCUT2D eigenvalue weighted by Gasteiger charge is 2.31. The molecule has 0 N–H and O–H groups in total. The number of carbonyl (C=O) groups is 1. The van der Waals surface area contributed by atoms with Crippen LogP contribution in [-0.4, -0.2) is 64.1 Å². The van der Waals surface area contributed by atoms with E-state index in [0.717, 1.165) is 30.6 Å². The lowest BCUT2D eigenvalue weighted by Crippen LogP contribution is -2.50. The Bertz CT molecular complexity index is 1120. The van der Waals surface area contributed by atoms with Crippen LogP contribution in [0.1, 0.15) is 18.4 Å². The molecule has 1 aromatic carbocycles. The zero-order chi connectivity index (χ0) is 21.0. The molecule has 4 heterocycles. The number of aromatic nitrogens is 1. The van der Waals surface area contributed by atoms with Gasteiger partial charge in [-0.2, -0.15) is 0 Å². The van der Waals surface area contributed by atoms with Crippen molar-refractivity contribution in [2.75, 3.05) is 26.7 Å². The quantitative estimate of drug-likeness (QED) is 0.688. The Hall–Kier alpha value is -2.50. The molecule has 3 aliphatic heterocycles. The summed E-state index contributed by atoms with van der Waals surface area (Å²) < 4.78 is 20.0. The van der Waals surface area contributed by atoms with E-state index in [1.54, 1.807) is 24.0 Å². The van der Waals surface area contributed by atoms with Crippen LogP contribution in [0.3, 0.4) is 0 Å². The standard InChI is InChI=1S/C22H24FN4O2P/c1-13-11-26(7-6-25(13)3)16-4-5-21-27(12-16)20(28)10-19(30-21)15-8-17(23)22-18(9-15)29-14(2)24-22/h4-5,8-10,12-13,21,30H,6-7,11H2,1-3H3/t13-,21?/m0/s1. The summed E-state index contributed by atoms with van der Waals surface area (Å²) in [6.07, 6.45) is 7.80. The molecular formula is C22H24FN4O2P. The zero-order valence-electron chi connectivity index (χ0n) is 17.2. The number of oxazole rings is 1. The van der Waals surface area contributed by atoms with Gasteiger partial charge in [-0.3, -0.25) is 4.79 Å². The smallest absolute Gasteiger partial charge is 0.252 e. The fraction of sp³-hybridized carbons (Fsp3) is 0.364. The molecule has 0 spiro atoms. The van der Waals surface area contributed by atoms with Gasteiger partial charge >= 0.3 is 0 Å². The number of hydrogen-bond acceptors (Lipinski definition) is 5. The van der Waals surface area contributed by atoms with Crippen LogP contribution in [0.2, 0.25) is 0 Å². The number of hydrogen-bond donors (Lipinski definition) is 0. The third kappa shape index (κ3) is 3.36. The first-order chi connectivity index (χ1) is 14.4. The van der Waals surface area contributed by atoms with E-state index < -0.39 is 5.82 Å². The number of fused-ring (bicyclic) bond motifs is 2. The fourth-order valence-electron chi connectivity index (χ4n) is 4.16. The molecule has 30 heavy (non-hydrogen) atoms. The summed E-state index contributed by atoms with van der Waals surface area (Å²) >= 11 is 0. The predicted octanol–water partition coefficient (Wildman–Crippen LogP) is 3.51. The molecule has 8 heteroatoms. The molecule has 1 fully saturated rings. The number of allylic oxidation sites excluding steroid dienone is 1. The van der Waals surface area contributed by atoms with Crippen LogP contribution < -0.4 is 0 Å². The lowest BCUT2D eigenvalue weighted by atomic mass is 10.1. The van der Waals surface area contributed by atoms with E-state index in [1.165, 1.54) is 6.07 Å². The zero-order valence-corrected chi connectivity index (χ0v) is 18.2. The van der Waals surface area contributed by atoms with Gasteiger partial charge in [-0.25, -0.2) is 9.37 Å². The maximum absolute atomic E-state index is 14.5. The van der Waals surface area contributed by atoms with Crippen LogP contribution in [0, 0.1) is 12.7 Å². The Morgan fingerprint density at radius 2 is 2.13 bits per heavy atom. The number of rotatable bonds is 2. The Balaban J connectivity index is 1.41. The third-order valence-electron chi connectivity index (χ3n) is 6.04. The Labute approximate surface area is 176 Å². The molecule has 0 radical (unpaired) electrons. The van der Waals surface area contributed by atoms with Gasteiger partial charge in [0, 0.05) is 44.9 Å². The van der Waals surface area contributed by atoms with Crippen molar-refractivity contribution in [3.8, 4) is 0 Å². The molecule has 5 rings (SSSR count). The molecule has 156 valence electrons. The predicted molar refractivity (Wildman–Crippen MR) is 117 cm³/mol. The van der Waals surface area contributed by atoms with E-state index in [4.69, 9.17) is 4.42 Å². The van der Waals surface area contributed by atoms with Gasteiger partial charge in [0.05, 0.1) is 11.5 Å². The number of likely N-dealkylation sites (N-methyl/N-ethyl adjacent to an activating group) is 1. The van der Waals surface area contributed by atoms with Gasteiger partial charge in [-0.1, -0.05) is 14.7 Å². The van der Waals surface area contributed by atoms with E-state index in [1.807, 2.05) is 6.20 Å². The number of carbonyl (C=O) groups excluding carboxylic acids is 1. The van der Waals surface area contributed by atoms with Gasteiger partial charge in [0.2, 0.25) is 0 Å². The summed E-state index contributed by atoms with van der Waals surface area (Å²) in [6.45, 7) is 6.81. The van der Waals surface area contributed by atoms with Crippen LogP contribution in [-0.2, 0) is 4.79 Å². The third-order valence-corrected chi connectivity index (χ3v) is 7.55. The van der Waals surface area contributed by atoms with Gasteiger partial charge in [0.25, 0.3) is 5.91 Å². The second kappa shape index (κ2) is 7.33. The first kappa shape index (κ1) is 19.5. The molecular weight excluding hydrogens is 402 g/mol. The van der Waals surface area contributed by atoms with E-state index in [2.05, 4.69) is 40.9 Å². The molecule has 3 aliphatic rings. The first-order valence-corrected chi connectivity index (χ1v) is 11.2. The van der Waals surface area contributed by atoms with Crippen molar-refractivity contribution in [2.45, 2.75) is 25.7 Å².